The lowest BCUT2D eigenvalue weighted by Gasteiger charge is -2.07. The van der Waals surface area contributed by atoms with Gasteiger partial charge in [0, 0.05) is 12.2 Å². The number of rotatable bonds is 5. The van der Waals surface area contributed by atoms with Crippen LogP contribution in [0.4, 0.5) is 10.1 Å². The molecule has 0 heterocycles. The van der Waals surface area contributed by atoms with Crippen molar-refractivity contribution in [1.29, 1.82) is 0 Å². The van der Waals surface area contributed by atoms with E-state index in [1.807, 2.05) is 12.1 Å². The molecule has 2 atom stereocenters. The molecule has 1 fully saturated rings. The van der Waals surface area contributed by atoms with E-state index < -0.39 is 10.0 Å². The Bertz CT molecular complexity index is 830. The smallest absolute Gasteiger partial charge is 0.238 e. The lowest BCUT2D eigenvalue weighted by atomic mass is 10.0. The topological polar surface area (TPSA) is 72.2 Å². The van der Waals surface area contributed by atoms with E-state index in [0.29, 0.717) is 11.8 Å². The van der Waals surface area contributed by atoms with Crippen LogP contribution in [0.5, 0.6) is 0 Å². The van der Waals surface area contributed by atoms with Crippen molar-refractivity contribution in [1.82, 2.24) is 0 Å². The van der Waals surface area contributed by atoms with Crippen LogP contribution in [-0.2, 0) is 10.0 Å². The number of anilines is 1. The molecule has 1 saturated carbocycles. The molecule has 0 saturated heterocycles. The van der Waals surface area contributed by atoms with E-state index in [4.69, 9.17) is 5.14 Å². The Hall–Kier alpha value is -1.92. The van der Waals surface area contributed by atoms with Crippen LogP contribution in [0.2, 0.25) is 0 Å². The average molecular weight is 348 g/mol. The average Bonchev–Trinajstić information content (AvgIpc) is 3.07. The number of halogens is 1. The van der Waals surface area contributed by atoms with Crippen molar-refractivity contribution in [2.75, 3.05) is 11.9 Å². The number of hydrogen-bond acceptors (Lipinski definition) is 3. The minimum Gasteiger partial charge on any atom is -0.385 e. The first-order valence-electron chi connectivity index (χ1n) is 7.82. The maximum absolute atomic E-state index is 12.9. The normalized spacial score (nSPS) is 22.2. The molecule has 128 valence electrons. The van der Waals surface area contributed by atoms with Crippen LogP contribution in [0.1, 0.15) is 25.3 Å². The highest BCUT2D eigenvalue weighted by atomic mass is 32.2. The van der Waals surface area contributed by atoms with Gasteiger partial charge in [0.05, 0.1) is 4.90 Å². The Morgan fingerprint density at radius 2 is 1.67 bits per heavy atom. The van der Waals surface area contributed by atoms with Gasteiger partial charge < -0.3 is 5.32 Å². The van der Waals surface area contributed by atoms with Crippen LogP contribution in [0, 0.1) is 17.2 Å². The number of nitrogens with two attached hydrogens (primary N) is 1. The third kappa shape index (κ3) is 3.30. The van der Waals surface area contributed by atoms with Crippen molar-refractivity contribution < 1.29 is 12.8 Å². The molecule has 24 heavy (non-hydrogen) atoms. The maximum atomic E-state index is 12.9. The molecular weight excluding hydrogens is 327 g/mol. The minimum atomic E-state index is -3.66. The number of hydrogen-bond donors (Lipinski definition) is 2. The van der Waals surface area contributed by atoms with Crippen LogP contribution >= 0.6 is 0 Å². The first-order valence-corrected chi connectivity index (χ1v) is 9.36. The first-order chi connectivity index (χ1) is 11.2. The highest BCUT2D eigenvalue weighted by Crippen LogP contribution is 2.64. The van der Waals surface area contributed by atoms with Gasteiger partial charge >= 0.3 is 0 Å². The number of nitrogens with one attached hydrogen (secondary N) is 1. The molecular formula is C18H21FN2O2S. The number of sulfonamides is 1. The molecule has 0 unspecified atom stereocenters. The summed E-state index contributed by atoms with van der Waals surface area (Å²) in [6.07, 6.45) is 0. The van der Waals surface area contributed by atoms with Gasteiger partial charge in [-0.3, -0.25) is 0 Å². The van der Waals surface area contributed by atoms with Gasteiger partial charge in [-0.2, -0.15) is 0 Å². The van der Waals surface area contributed by atoms with Gasteiger partial charge in [0.25, 0.3) is 0 Å². The summed E-state index contributed by atoms with van der Waals surface area (Å²) < 4.78 is 35.6. The zero-order chi connectivity index (χ0) is 17.5. The summed E-state index contributed by atoms with van der Waals surface area (Å²) in [6, 6.07) is 13.1. The zero-order valence-electron chi connectivity index (χ0n) is 13.7. The molecule has 3 rings (SSSR count). The van der Waals surface area contributed by atoms with E-state index in [0.717, 1.165) is 17.8 Å². The highest BCUT2D eigenvalue weighted by molar-refractivity contribution is 7.89. The van der Waals surface area contributed by atoms with Crippen molar-refractivity contribution >= 4 is 15.7 Å². The summed E-state index contributed by atoms with van der Waals surface area (Å²) in [4.78, 5) is 0.130. The summed E-state index contributed by atoms with van der Waals surface area (Å²) in [6.45, 7) is 5.17. The number of primary sulfonamides is 1. The van der Waals surface area contributed by atoms with E-state index in [9.17, 15) is 12.8 Å². The van der Waals surface area contributed by atoms with Gasteiger partial charge in [-0.1, -0.05) is 26.0 Å². The standard InChI is InChI=1S/C18H21FN2O2S/c1-18(2)16(11-21-14-7-5-13(19)6-8-14)17(18)12-3-9-15(10-4-12)24(20,22)23/h3-10,16-17,21H,11H2,1-2H3,(H2,20,22,23)/t16-,17-/m0/s1. The highest BCUT2D eigenvalue weighted by Gasteiger charge is 2.57. The summed E-state index contributed by atoms with van der Waals surface area (Å²) in [5, 5.41) is 8.48. The molecule has 1 aliphatic carbocycles. The monoisotopic (exact) mass is 348 g/mol. The van der Waals surface area contributed by atoms with Gasteiger partial charge in [0.15, 0.2) is 0 Å². The Morgan fingerprint density at radius 3 is 2.21 bits per heavy atom. The summed E-state index contributed by atoms with van der Waals surface area (Å²) in [5.74, 6) is 0.517. The fourth-order valence-electron chi connectivity index (χ4n) is 3.45. The van der Waals surface area contributed by atoms with E-state index in [1.54, 1.807) is 24.3 Å². The second kappa shape index (κ2) is 5.86. The minimum absolute atomic E-state index is 0.121. The third-order valence-corrected chi connectivity index (χ3v) is 5.92. The SMILES string of the molecule is CC1(C)[C@@H](CNc2ccc(F)cc2)[C@@H]1c1ccc(S(N)(=O)=O)cc1. The Morgan fingerprint density at radius 1 is 1.08 bits per heavy atom. The zero-order valence-corrected chi connectivity index (χ0v) is 14.5. The van der Waals surface area contributed by atoms with E-state index in [1.165, 1.54) is 12.1 Å². The van der Waals surface area contributed by atoms with Gasteiger partial charge in [0.2, 0.25) is 10.0 Å². The van der Waals surface area contributed by atoms with E-state index in [2.05, 4.69) is 19.2 Å². The van der Waals surface area contributed by atoms with E-state index in [-0.39, 0.29) is 16.1 Å². The van der Waals surface area contributed by atoms with Gasteiger partial charge in [-0.05, 0) is 59.2 Å². The quantitative estimate of drug-likeness (QED) is 0.870. The molecule has 2 aromatic carbocycles. The molecule has 2 aromatic rings. The molecule has 1 aliphatic rings. The Balaban J connectivity index is 1.69. The van der Waals surface area contributed by atoms with Gasteiger partial charge in [-0.15, -0.1) is 0 Å². The molecule has 4 nitrogen and oxygen atoms in total. The van der Waals surface area contributed by atoms with Crippen LogP contribution in [0.15, 0.2) is 53.4 Å². The predicted octanol–water partition coefficient (Wildman–Crippen LogP) is 3.32. The molecule has 0 spiro atoms. The maximum Gasteiger partial charge on any atom is 0.238 e. The van der Waals surface area contributed by atoms with Crippen molar-refractivity contribution in [3.8, 4) is 0 Å². The predicted molar refractivity (Wildman–Crippen MR) is 92.7 cm³/mol. The summed E-state index contributed by atoms with van der Waals surface area (Å²) in [5.41, 5.74) is 2.12. The fraction of sp³-hybridized carbons (Fsp3) is 0.333. The molecule has 0 bridgehead atoms. The number of benzene rings is 2. The van der Waals surface area contributed by atoms with Crippen LogP contribution in [0.3, 0.4) is 0 Å². The molecule has 0 radical (unpaired) electrons. The second-order valence-electron chi connectivity index (χ2n) is 6.91. The van der Waals surface area contributed by atoms with Crippen LogP contribution in [-0.4, -0.2) is 15.0 Å². The molecule has 0 amide bonds. The Kier molecular flexibility index (Phi) is 4.13. The van der Waals surface area contributed by atoms with Crippen molar-refractivity contribution in [3.63, 3.8) is 0 Å². The molecule has 3 N–H and O–H groups in total. The van der Waals surface area contributed by atoms with Crippen LogP contribution < -0.4 is 10.5 Å². The third-order valence-electron chi connectivity index (χ3n) is 4.99. The lowest BCUT2D eigenvalue weighted by molar-refractivity contribution is 0.565. The van der Waals surface area contributed by atoms with Crippen molar-refractivity contribution in [2.24, 2.45) is 16.5 Å². The molecule has 0 aromatic heterocycles. The molecule has 0 aliphatic heterocycles. The molecule has 6 heteroatoms. The van der Waals surface area contributed by atoms with E-state index >= 15 is 0 Å². The van der Waals surface area contributed by atoms with Crippen LogP contribution in [0.25, 0.3) is 0 Å². The first kappa shape index (κ1) is 16.9. The lowest BCUT2D eigenvalue weighted by Crippen LogP contribution is -2.11. The van der Waals surface area contributed by atoms with Gasteiger partial charge in [0.1, 0.15) is 5.82 Å². The Labute approximate surface area is 141 Å². The largest absolute Gasteiger partial charge is 0.385 e. The summed E-state index contributed by atoms with van der Waals surface area (Å²) >= 11 is 0. The van der Waals surface area contributed by atoms with Crippen molar-refractivity contribution in [3.05, 3.63) is 59.9 Å². The van der Waals surface area contributed by atoms with Gasteiger partial charge in [-0.25, -0.2) is 17.9 Å². The van der Waals surface area contributed by atoms with Crippen molar-refractivity contribution in [2.45, 2.75) is 24.7 Å². The fourth-order valence-corrected chi connectivity index (χ4v) is 3.96. The second-order valence-corrected chi connectivity index (χ2v) is 8.47. The summed E-state index contributed by atoms with van der Waals surface area (Å²) in [7, 11) is -3.66.